The summed E-state index contributed by atoms with van der Waals surface area (Å²) >= 11 is 1.51. The molecular formula is C27H32N4OS. The van der Waals surface area contributed by atoms with E-state index in [4.69, 9.17) is 0 Å². The second-order valence-corrected chi connectivity index (χ2v) is 10.2. The van der Waals surface area contributed by atoms with Crippen molar-refractivity contribution in [3.05, 3.63) is 76.6 Å². The van der Waals surface area contributed by atoms with Crippen molar-refractivity contribution in [1.29, 1.82) is 0 Å². The summed E-state index contributed by atoms with van der Waals surface area (Å²) in [6.07, 6.45) is 8.54. The van der Waals surface area contributed by atoms with Gasteiger partial charge < -0.3 is 4.57 Å². The van der Waals surface area contributed by atoms with Crippen molar-refractivity contribution in [1.82, 2.24) is 19.7 Å². The van der Waals surface area contributed by atoms with Crippen LogP contribution in [0.2, 0.25) is 0 Å². The van der Waals surface area contributed by atoms with Gasteiger partial charge in [-0.1, -0.05) is 60.6 Å². The molecule has 6 heteroatoms. The normalized spacial score (nSPS) is 16.5. The van der Waals surface area contributed by atoms with E-state index in [1.54, 1.807) is 0 Å². The highest BCUT2D eigenvalue weighted by Crippen LogP contribution is 2.25. The first kappa shape index (κ1) is 22.4. The molecule has 5 rings (SSSR count). The summed E-state index contributed by atoms with van der Waals surface area (Å²) < 4.78 is 2.20. The van der Waals surface area contributed by atoms with Crippen molar-refractivity contribution in [3.63, 3.8) is 0 Å². The maximum absolute atomic E-state index is 13.0. The number of Topliss-reactive ketones (excluding diaryl/α,β-unsaturated/α-hetero) is 1. The van der Waals surface area contributed by atoms with Crippen LogP contribution in [0.15, 0.2) is 53.7 Å². The van der Waals surface area contributed by atoms with Gasteiger partial charge in [0.05, 0.1) is 18.8 Å². The predicted molar refractivity (Wildman–Crippen MR) is 133 cm³/mol. The summed E-state index contributed by atoms with van der Waals surface area (Å²) in [5.41, 5.74) is 4.81. The van der Waals surface area contributed by atoms with Gasteiger partial charge in [0.25, 0.3) is 0 Å². The van der Waals surface area contributed by atoms with Gasteiger partial charge >= 0.3 is 0 Å². The van der Waals surface area contributed by atoms with Gasteiger partial charge in [0.15, 0.2) is 10.9 Å². The summed E-state index contributed by atoms with van der Waals surface area (Å²) in [4.78, 5) is 15.5. The largest absolute Gasteiger partial charge is 0.300 e. The Balaban J connectivity index is 1.31. The molecule has 0 spiro atoms. The van der Waals surface area contributed by atoms with E-state index in [1.807, 2.05) is 12.1 Å². The zero-order valence-corrected chi connectivity index (χ0v) is 20.0. The van der Waals surface area contributed by atoms with Crippen LogP contribution in [0.5, 0.6) is 0 Å². The summed E-state index contributed by atoms with van der Waals surface area (Å²) in [6, 6.07) is 16.7. The molecule has 0 radical (unpaired) electrons. The number of likely N-dealkylation sites (tertiary alicyclic amines) is 1. The number of thioether (sulfide) groups is 1. The van der Waals surface area contributed by atoms with Crippen molar-refractivity contribution in [2.24, 2.45) is 0 Å². The minimum Gasteiger partial charge on any atom is -0.300 e. The van der Waals surface area contributed by atoms with Crippen LogP contribution in [0, 0.1) is 0 Å². The van der Waals surface area contributed by atoms with Crippen molar-refractivity contribution in [2.75, 3.05) is 18.8 Å². The number of hydrogen-bond acceptors (Lipinski definition) is 5. The van der Waals surface area contributed by atoms with Crippen LogP contribution in [0.4, 0.5) is 0 Å². The number of aromatic nitrogens is 3. The third kappa shape index (κ3) is 5.56. The van der Waals surface area contributed by atoms with E-state index in [9.17, 15) is 4.79 Å². The SMILES string of the molecule is O=C(CSc1nnc(CN2CCCCC2)n1Cc1ccccc1)c1ccc2c(c1)CCCC2. The van der Waals surface area contributed by atoms with Crippen LogP contribution in [-0.2, 0) is 25.9 Å². The highest BCUT2D eigenvalue weighted by molar-refractivity contribution is 7.99. The minimum atomic E-state index is 0.167. The molecule has 2 aliphatic rings. The maximum Gasteiger partial charge on any atom is 0.192 e. The summed E-state index contributed by atoms with van der Waals surface area (Å²) in [5, 5.41) is 9.90. The number of carbonyl (C=O) groups excluding carboxylic acids is 1. The Hall–Kier alpha value is -2.44. The van der Waals surface area contributed by atoms with Crippen LogP contribution in [-0.4, -0.2) is 44.3 Å². The molecule has 33 heavy (non-hydrogen) atoms. The summed E-state index contributed by atoms with van der Waals surface area (Å²) in [5.74, 6) is 1.54. The van der Waals surface area contributed by atoms with Gasteiger partial charge in [0.2, 0.25) is 0 Å². The average Bonchev–Trinajstić information content (AvgIpc) is 3.24. The second kappa shape index (κ2) is 10.7. The van der Waals surface area contributed by atoms with E-state index in [1.165, 1.54) is 60.6 Å². The molecule has 5 nitrogen and oxygen atoms in total. The Morgan fingerprint density at radius 2 is 1.64 bits per heavy atom. The van der Waals surface area contributed by atoms with Crippen molar-refractivity contribution in [2.45, 2.75) is 63.2 Å². The first-order chi connectivity index (χ1) is 16.3. The molecule has 0 bridgehead atoms. The number of benzene rings is 2. The molecule has 2 heterocycles. The van der Waals surface area contributed by atoms with Crippen molar-refractivity contribution >= 4 is 17.5 Å². The minimum absolute atomic E-state index is 0.167. The van der Waals surface area contributed by atoms with Gasteiger partial charge in [0.1, 0.15) is 5.82 Å². The van der Waals surface area contributed by atoms with E-state index in [-0.39, 0.29) is 5.78 Å². The number of aryl methyl sites for hydroxylation is 2. The molecular weight excluding hydrogens is 428 g/mol. The number of piperidine rings is 1. The van der Waals surface area contributed by atoms with Crippen LogP contribution < -0.4 is 0 Å². The van der Waals surface area contributed by atoms with E-state index in [0.29, 0.717) is 5.75 Å². The van der Waals surface area contributed by atoms with Crippen LogP contribution in [0.25, 0.3) is 0 Å². The van der Waals surface area contributed by atoms with Gasteiger partial charge in [0, 0.05) is 5.56 Å². The van der Waals surface area contributed by atoms with Gasteiger partial charge in [-0.05, 0) is 74.4 Å². The fourth-order valence-electron chi connectivity index (χ4n) is 4.91. The molecule has 0 amide bonds. The fourth-order valence-corrected chi connectivity index (χ4v) is 5.76. The maximum atomic E-state index is 13.0. The molecule has 0 N–H and O–H groups in total. The predicted octanol–water partition coefficient (Wildman–Crippen LogP) is 5.17. The molecule has 2 aromatic carbocycles. The van der Waals surface area contributed by atoms with E-state index in [0.717, 1.165) is 55.6 Å². The van der Waals surface area contributed by atoms with E-state index in [2.05, 4.69) is 56.1 Å². The highest BCUT2D eigenvalue weighted by Gasteiger charge is 2.19. The lowest BCUT2D eigenvalue weighted by molar-refractivity contribution is 0.102. The van der Waals surface area contributed by atoms with Gasteiger partial charge in [-0.15, -0.1) is 10.2 Å². The quantitative estimate of drug-likeness (QED) is 0.343. The first-order valence-electron chi connectivity index (χ1n) is 12.2. The third-order valence-corrected chi connectivity index (χ3v) is 7.76. The molecule has 1 aliphatic heterocycles. The lowest BCUT2D eigenvalue weighted by Gasteiger charge is -2.26. The molecule has 1 saturated heterocycles. The Morgan fingerprint density at radius 3 is 2.45 bits per heavy atom. The highest BCUT2D eigenvalue weighted by atomic mass is 32.2. The molecule has 3 aromatic rings. The Labute approximate surface area is 200 Å². The average molecular weight is 461 g/mol. The molecule has 1 aliphatic carbocycles. The molecule has 0 unspecified atom stereocenters. The summed E-state index contributed by atoms with van der Waals surface area (Å²) in [6.45, 7) is 3.79. The van der Waals surface area contributed by atoms with E-state index >= 15 is 0 Å². The molecule has 0 atom stereocenters. The second-order valence-electron chi connectivity index (χ2n) is 9.21. The number of rotatable bonds is 8. The Kier molecular flexibility index (Phi) is 7.22. The third-order valence-electron chi connectivity index (χ3n) is 6.79. The smallest absolute Gasteiger partial charge is 0.192 e. The number of fused-ring (bicyclic) bond motifs is 1. The topological polar surface area (TPSA) is 51.0 Å². The Morgan fingerprint density at radius 1 is 0.848 bits per heavy atom. The number of ketones is 1. The lowest BCUT2D eigenvalue weighted by atomic mass is 9.90. The fraction of sp³-hybridized carbons (Fsp3) is 0.444. The lowest BCUT2D eigenvalue weighted by Crippen LogP contribution is -2.30. The van der Waals surface area contributed by atoms with Gasteiger partial charge in [-0.25, -0.2) is 0 Å². The molecule has 1 fully saturated rings. The Bertz CT molecular complexity index is 1090. The molecule has 1 aromatic heterocycles. The zero-order chi connectivity index (χ0) is 22.5. The van der Waals surface area contributed by atoms with E-state index < -0.39 is 0 Å². The number of nitrogens with zero attached hydrogens (tertiary/aromatic N) is 4. The molecule has 172 valence electrons. The first-order valence-corrected chi connectivity index (χ1v) is 13.2. The number of carbonyl (C=O) groups is 1. The van der Waals surface area contributed by atoms with Crippen LogP contribution in [0.3, 0.4) is 0 Å². The van der Waals surface area contributed by atoms with Gasteiger partial charge in [-0.2, -0.15) is 0 Å². The van der Waals surface area contributed by atoms with Gasteiger partial charge in [-0.3, -0.25) is 9.69 Å². The van der Waals surface area contributed by atoms with Crippen molar-refractivity contribution in [3.8, 4) is 0 Å². The van der Waals surface area contributed by atoms with Crippen LogP contribution in [0.1, 0.15) is 65.0 Å². The number of hydrogen-bond donors (Lipinski definition) is 0. The molecule has 0 saturated carbocycles. The van der Waals surface area contributed by atoms with Crippen LogP contribution >= 0.6 is 11.8 Å². The summed E-state index contributed by atoms with van der Waals surface area (Å²) in [7, 11) is 0. The standard InChI is InChI=1S/C27H32N4OS/c32-25(24-14-13-22-11-5-6-12-23(22)17-24)20-33-27-29-28-26(19-30-15-7-2-8-16-30)31(27)18-21-9-3-1-4-10-21/h1,3-4,9-10,13-14,17H,2,5-8,11-12,15-16,18-20H2. The van der Waals surface area contributed by atoms with Crippen molar-refractivity contribution < 1.29 is 4.79 Å². The monoisotopic (exact) mass is 460 g/mol. The zero-order valence-electron chi connectivity index (χ0n) is 19.2.